The molecule has 2 aromatic carbocycles. The van der Waals surface area contributed by atoms with Crippen LogP contribution in [-0.2, 0) is 23.8 Å². The zero-order valence-electron chi connectivity index (χ0n) is 24.8. The maximum absolute atomic E-state index is 13.6. The first kappa shape index (κ1) is 33.5. The molecule has 2 aliphatic rings. The lowest BCUT2D eigenvalue weighted by molar-refractivity contribution is -0.192. The summed E-state index contributed by atoms with van der Waals surface area (Å²) in [5.74, 6) is -2.34. The molecule has 5 rings (SSSR count). The van der Waals surface area contributed by atoms with Crippen molar-refractivity contribution >= 4 is 17.7 Å². The largest absolute Gasteiger partial charge is 0.493 e. The monoisotopic (exact) mass is 639 g/mol. The normalized spacial score (nSPS) is 21.2. The standard InChI is InChI=1S/C28H33F2N5O3.C2HF3O2/c1-34-13-11-31-26(34)17-35-12-10-28(18-4-7-23(37-2)24(14-18)38-3)9-8-20(16-25(28)35)33-27(36)32-19-5-6-21(29)22(30)15-19;3-2(4,5)1(6)7/h4-7,11,13-15,20,25H,8-10,12,16-17H2,1-3H3,(H2,32,33,36);(H,6,7)/t20-,25+,28+;/m1./s1. The number of benzene rings is 2. The number of methoxy groups -OCH3 is 2. The highest BCUT2D eigenvalue weighted by Gasteiger charge is 2.52. The van der Waals surface area contributed by atoms with E-state index in [1.165, 1.54) is 11.6 Å². The van der Waals surface area contributed by atoms with Crippen LogP contribution in [0.2, 0.25) is 0 Å². The number of likely N-dealkylation sites (tertiary alicyclic amines) is 1. The zero-order valence-corrected chi connectivity index (χ0v) is 24.8. The van der Waals surface area contributed by atoms with Crippen molar-refractivity contribution in [3.63, 3.8) is 0 Å². The average molecular weight is 640 g/mol. The number of nitrogens with one attached hydrogen (secondary N) is 2. The minimum atomic E-state index is -5.08. The van der Waals surface area contributed by atoms with Crippen LogP contribution < -0.4 is 20.1 Å². The summed E-state index contributed by atoms with van der Waals surface area (Å²) in [5.41, 5.74) is 1.29. The molecule has 244 valence electrons. The number of anilines is 1. The Balaban J connectivity index is 0.000000591. The number of fused-ring (bicyclic) bond motifs is 1. The Labute approximate surface area is 256 Å². The number of aliphatic carboxylic acids is 1. The molecule has 3 N–H and O–H groups in total. The van der Waals surface area contributed by atoms with Gasteiger partial charge >= 0.3 is 18.2 Å². The summed E-state index contributed by atoms with van der Waals surface area (Å²) in [5, 5.41) is 12.8. The number of urea groups is 1. The molecule has 0 spiro atoms. The van der Waals surface area contributed by atoms with Crippen molar-refractivity contribution in [3.8, 4) is 11.5 Å². The summed E-state index contributed by atoms with van der Waals surface area (Å²) in [7, 11) is 5.27. The minimum absolute atomic E-state index is 0.0828. The number of carboxylic acids is 1. The Hall–Kier alpha value is -4.40. The first-order valence-corrected chi connectivity index (χ1v) is 14.0. The fourth-order valence-corrected chi connectivity index (χ4v) is 6.10. The third-order valence-corrected chi connectivity index (χ3v) is 8.35. The second kappa shape index (κ2) is 13.7. The van der Waals surface area contributed by atoms with Gasteiger partial charge in [0.2, 0.25) is 0 Å². The van der Waals surface area contributed by atoms with Crippen LogP contribution in [0, 0.1) is 11.6 Å². The van der Waals surface area contributed by atoms with E-state index in [4.69, 9.17) is 19.4 Å². The number of carbonyl (C=O) groups is 2. The van der Waals surface area contributed by atoms with E-state index in [9.17, 15) is 26.7 Å². The van der Waals surface area contributed by atoms with Crippen LogP contribution in [0.1, 0.15) is 37.1 Å². The third-order valence-electron chi connectivity index (χ3n) is 8.35. The Morgan fingerprint density at radius 1 is 1.07 bits per heavy atom. The van der Waals surface area contributed by atoms with Gasteiger partial charge in [-0.1, -0.05) is 6.07 Å². The number of carbonyl (C=O) groups excluding carboxylic acids is 1. The van der Waals surface area contributed by atoms with E-state index in [1.807, 2.05) is 23.9 Å². The number of imidazole rings is 1. The predicted octanol–water partition coefficient (Wildman–Crippen LogP) is 5.24. The first-order valence-electron chi connectivity index (χ1n) is 14.0. The molecule has 1 aliphatic heterocycles. The van der Waals surface area contributed by atoms with E-state index in [0.29, 0.717) is 18.0 Å². The van der Waals surface area contributed by atoms with Gasteiger partial charge in [-0.25, -0.2) is 23.4 Å². The van der Waals surface area contributed by atoms with Crippen molar-refractivity contribution in [2.24, 2.45) is 7.05 Å². The minimum Gasteiger partial charge on any atom is -0.493 e. The van der Waals surface area contributed by atoms with Gasteiger partial charge in [-0.05, 0) is 62.1 Å². The summed E-state index contributed by atoms with van der Waals surface area (Å²) in [6, 6.07) is 9.11. The predicted molar refractivity (Wildman–Crippen MR) is 153 cm³/mol. The molecular weight excluding hydrogens is 605 g/mol. The van der Waals surface area contributed by atoms with Gasteiger partial charge in [-0.2, -0.15) is 13.2 Å². The quantitative estimate of drug-likeness (QED) is 0.303. The highest BCUT2D eigenvalue weighted by molar-refractivity contribution is 5.89. The van der Waals surface area contributed by atoms with Gasteiger partial charge in [0, 0.05) is 48.7 Å². The van der Waals surface area contributed by atoms with E-state index in [-0.39, 0.29) is 23.2 Å². The van der Waals surface area contributed by atoms with Crippen molar-refractivity contribution in [2.75, 3.05) is 26.1 Å². The highest BCUT2D eigenvalue weighted by atomic mass is 19.4. The van der Waals surface area contributed by atoms with E-state index in [1.54, 1.807) is 20.4 Å². The molecule has 0 unspecified atom stereocenters. The van der Waals surface area contributed by atoms with E-state index in [0.717, 1.165) is 50.2 Å². The maximum Gasteiger partial charge on any atom is 0.490 e. The Kier molecular flexibility index (Phi) is 10.2. The molecule has 3 aromatic rings. The van der Waals surface area contributed by atoms with Gasteiger partial charge in [-0.15, -0.1) is 0 Å². The summed E-state index contributed by atoms with van der Waals surface area (Å²) in [4.78, 5) is 28.7. The Morgan fingerprint density at radius 2 is 1.78 bits per heavy atom. The average Bonchev–Trinajstić information content (AvgIpc) is 3.57. The molecule has 45 heavy (non-hydrogen) atoms. The summed E-state index contributed by atoms with van der Waals surface area (Å²) >= 11 is 0. The van der Waals surface area contributed by atoms with Crippen molar-refractivity contribution in [1.29, 1.82) is 0 Å². The van der Waals surface area contributed by atoms with Crippen molar-refractivity contribution in [2.45, 2.75) is 55.9 Å². The summed E-state index contributed by atoms with van der Waals surface area (Å²) in [6.07, 6.45) is 2.05. The molecule has 1 saturated carbocycles. The molecule has 10 nitrogen and oxygen atoms in total. The van der Waals surface area contributed by atoms with Crippen LogP contribution in [-0.4, -0.2) is 70.6 Å². The number of hydrogen-bond acceptors (Lipinski definition) is 6. The van der Waals surface area contributed by atoms with Gasteiger partial charge in [0.1, 0.15) is 5.82 Å². The van der Waals surface area contributed by atoms with Gasteiger partial charge in [0.25, 0.3) is 0 Å². The topological polar surface area (TPSA) is 118 Å². The lowest BCUT2D eigenvalue weighted by atomic mass is 9.65. The number of amides is 2. The van der Waals surface area contributed by atoms with Crippen LogP contribution >= 0.6 is 0 Å². The van der Waals surface area contributed by atoms with Crippen LogP contribution in [0.15, 0.2) is 48.8 Å². The fourth-order valence-electron chi connectivity index (χ4n) is 6.10. The van der Waals surface area contributed by atoms with Crippen LogP contribution in [0.5, 0.6) is 11.5 Å². The second-order valence-corrected chi connectivity index (χ2v) is 10.9. The number of nitrogens with zero attached hydrogens (tertiary/aromatic N) is 3. The van der Waals surface area contributed by atoms with Gasteiger partial charge < -0.3 is 29.8 Å². The lowest BCUT2D eigenvalue weighted by Gasteiger charge is -2.45. The molecule has 3 atom stereocenters. The number of carboxylic acid groups (broad SMARTS) is 1. The van der Waals surface area contributed by atoms with Crippen LogP contribution in [0.4, 0.5) is 32.4 Å². The van der Waals surface area contributed by atoms with Crippen molar-refractivity contribution in [1.82, 2.24) is 19.8 Å². The SMILES string of the molecule is COc1ccc([C@@]23CC[C@@H](NC(=O)Nc4ccc(F)c(F)c4)C[C@@H]2N(Cc2nccn2C)CC3)cc1OC.O=C(O)C(F)(F)F. The number of rotatable bonds is 7. The molecular formula is C30H34F5N5O5. The molecule has 0 radical (unpaired) electrons. The first-order chi connectivity index (χ1) is 21.3. The number of aromatic nitrogens is 2. The maximum atomic E-state index is 13.6. The van der Waals surface area contributed by atoms with Gasteiger partial charge in [0.15, 0.2) is 23.1 Å². The molecule has 2 amide bonds. The highest BCUT2D eigenvalue weighted by Crippen LogP contribution is 2.50. The van der Waals surface area contributed by atoms with E-state index in [2.05, 4.69) is 32.7 Å². The third kappa shape index (κ3) is 7.64. The number of ether oxygens (including phenoxy) is 2. The number of alkyl halides is 3. The molecule has 15 heteroatoms. The molecule has 0 bridgehead atoms. The van der Waals surface area contributed by atoms with Crippen molar-refractivity contribution < 1.29 is 46.1 Å². The molecule has 2 heterocycles. The van der Waals surface area contributed by atoms with Crippen LogP contribution in [0.25, 0.3) is 0 Å². The Bertz CT molecular complexity index is 1520. The van der Waals surface area contributed by atoms with E-state index >= 15 is 0 Å². The van der Waals surface area contributed by atoms with Gasteiger partial charge in [0.05, 0.1) is 20.8 Å². The van der Waals surface area contributed by atoms with Crippen molar-refractivity contribution in [3.05, 3.63) is 71.8 Å². The molecule has 2 fully saturated rings. The lowest BCUT2D eigenvalue weighted by Crippen LogP contribution is -2.53. The molecule has 1 aromatic heterocycles. The Morgan fingerprint density at radius 3 is 2.38 bits per heavy atom. The molecule has 1 aliphatic carbocycles. The summed E-state index contributed by atoms with van der Waals surface area (Å²) in [6.45, 7) is 1.61. The van der Waals surface area contributed by atoms with Gasteiger partial charge in [-0.3, -0.25) is 4.90 Å². The smallest absolute Gasteiger partial charge is 0.490 e. The van der Waals surface area contributed by atoms with E-state index < -0.39 is 29.8 Å². The van der Waals surface area contributed by atoms with Crippen LogP contribution in [0.3, 0.4) is 0 Å². The number of halogens is 5. The fraction of sp³-hybridized carbons (Fsp3) is 0.433. The number of hydrogen-bond donors (Lipinski definition) is 3. The zero-order chi connectivity index (χ0) is 32.9. The second-order valence-electron chi connectivity index (χ2n) is 10.9. The number of aryl methyl sites for hydroxylation is 1. The molecule has 1 saturated heterocycles. The summed E-state index contributed by atoms with van der Waals surface area (Å²) < 4.78 is 71.7.